The molecule has 0 bridgehead atoms. The number of fused-ring (bicyclic) bond motifs is 7. The first-order valence-electron chi connectivity index (χ1n) is 9.17. The monoisotopic (exact) mass is 410 g/mol. The van der Waals surface area contributed by atoms with E-state index in [2.05, 4.69) is 89.3 Å². The Balaban J connectivity index is 1.86. The molecule has 0 spiro atoms. The van der Waals surface area contributed by atoms with E-state index < -0.39 is 0 Å². The number of rotatable bonds is 0. The first-order chi connectivity index (χ1) is 13.2. The minimum Gasteiger partial charge on any atom is -0.454 e. The van der Waals surface area contributed by atoms with E-state index in [9.17, 15) is 0 Å². The topological polar surface area (TPSA) is 9.23 Å². The molecule has 3 aliphatic rings. The van der Waals surface area contributed by atoms with Gasteiger partial charge in [0.15, 0.2) is 0 Å². The Bertz CT molecular complexity index is 1340. The number of hydrogen-bond acceptors (Lipinski definition) is 1. The van der Waals surface area contributed by atoms with Crippen molar-refractivity contribution in [2.24, 2.45) is 5.92 Å². The molecule has 1 nitrogen and oxygen atoms in total. The molecule has 3 aromatic rings. The Morgan fingerprint density at radius 1 is 1.04 bits per heavy atom. The lowest BCUT2D eigenvalue weighted by atomic mass is 9.78. The average Bonchev–Trinajstić information content (AvgIpc) is 2.70. The molecule has 0 saturated heterocycles. The van der Waals surface area contributed by atoms with Gasteiger partial charge in [-0.1, -0.05) is 59.9 Å². The second kappa shape index (κ2) is 5.38. The second-order valence-electron chi connectivity index (χ2n) is 7.34. The summed E-state index contributed by atoms with van der Waals surface area (Å²) in [5.74, 6) is 8.99. The van der Waals surface area contributed by atoms with Gasteiger partial charge in [-0.2, -0.15) is 0 Å². The van der Waals surface area contributed by atoms with Crippen LogP contribution in [0.4, 0.5) is 0 Å². The molecular formula is C25H15BrO. The fourth-order valence-electron chi connectivity index (χ4n) is 4.49. The highest BCUT2D eigenvalue weighted by atomic mass is 79.9. The molecule has 2 heteroatoms. The number of aryl methyl sites for hydroxylation is 1. The van der Waals surface area contributed by atoms with Gasteiger partial charge in [0.25, 0.3) is 0 Å². The summed E-state index contributed by atoms with van der Waals surface area (Å²) in [6.45, 7) is 2.13. The molecule has 6 rings (SSSR count). The van der Waals surface area contributed by atoms with E-state index >= 15 is 0 Å². The van der Waals surface area contributed by atoms with Crippen LogP contribution in [-0.4, -0.2) is 0 Å². The Morgan fingerprint density at radius 2 is 1.85 bits per heavy atom. The Kier molecular flexibility index (Phi) is 3.05. The molecule has 1 atom stereocenters. The van der Waals surface area contributed by atoms with Crippen molar-refractivity contribution in [3.8, 4) is 17.6 Å². The number of ether oxygens (including phenoxy) is 1. The summed E-state index contributed by atoms with van der Waals surface area (Å²) in [5.41, 5.74) is 4.74. The normalized spacial score (nSPS) is 19.6. The fourth-order valence-corrected chi connectivity index (χ4v) is 4.93. The van der Waals surface area contributed by atoms with Crippen molar-refractivity contribution in [3.05, 3.63) is 81.6 Å². The first kappa shape index (κ1) is 15.3. The Morgan fingerprint density at radius 3 is 2.74 bits per heavy atom. The zero-order valence-corrected chi connectivity index (χ0v) is 16.4. The van der Waals surface area contributed by atoms with Gasteiger partial charge >= 0.3 is 0 Å². The molecule has 2 aliphatic carbocycles. The Labute approximate surface area is 166 Å². The van der Waals surface area contributed by atoms with E-state index in [1.165, 1.54) is 27.3 Å². The zero-order chi connectivity index (χ0) is 18.1. The standard InChI is InChI=1S/C25H15BrO/c1-14-9-11-17-16-6-2-3-7-18(16)23-19-8-4-5-15-10-12-21(26)25(22(15)19)27-24(23)20(17)13-14/h2-3,6-7,9-13,15H,5H2,1H3. The van der Waals surface area contributed by atoms with Crippen LogP contribution in [0.5, 0.6) is 5.75 Å². The molecule has 128 valence electrons. The SMILES string of the molecule is Cc1ccc2c(c1)c1c(c3ccccc32)C2=C3C(=C(Br)C=CC3CC#C2)O1. The minimum atomic E-state index is 0.303. The molecule has 0 aromatic heterocycles. The third-order valence-electron chi connectivity index (χ3n) is 5.70. The van der Waals surface area contributed by atoms with E-state index in [4.69, 9.17) is 4.74 Å². The molecule has 0 saturated carbocycles. The third kappa shape index (κ3) is 2.01. The maximum Gasteiger partial charge on any atom is 0.146 e. The van der Waals surface area contributed by atoms with Gasteiger partial charge in [-0.3, -0.25) is 0 Å². The van der Waals surface area contributed by atoms with Crippen LogP contribution >= 0.6 is 15.9 Å². The van der Waals surface area contributed by atoms with Crippen LogP contribution in [0, 0.1) is 24.7 Å². The number of benzene rings is 3. The molecule has 0 N–H and O–H groups in total. The van der Waals surface area contributed by atoms with Crippen LogP contribution < -0.4 is 4.74 Å². The summed E-state index contributed by atoms with van der Waals surface area (Å²) in [6.07, 6.45) is 5.19. The van der Waals surface area contributed by atoms with Gasteiger partial charge in [-0.25, -0.2) is 0 Å². The molecule has 1 unspecified atom stereocenters. The van der Waals surface area contributed by atoms with Gasteiger partial charge in [-0.05, 0) is 51.2 Å². The van der Waals surface area contributed by atoms with E-state index in [0.29, 0.717) is 5.92 Å². The summed E-state index contributed by atoms with van der Waals surface area (Å²) in [5, 5.41) is 4.85. The summed E-state index contributed by atoms with van der Waals surface area (Å²) < 4.78 is 7.61. The van der Waals surface area contributed by atoms with Crippen molar-refractivity contribution in [1.29, 1.82) is 0 Å². The lowest BCUT2D eigenvalue weighted by Gasteiger charge is -2.33. The third-order valence-corrected chi connectivity index (χ3v) is 6.32. The first-order valence-corrected chi connectivity index (χ1v) is 9.96. The van der Waals surface area contributed by atoms with Crippen molar-refractivity contribution in [3.63, 3.8) is 0 Å². The minimum absolute atomic E-state index is 0.303. The molecule has 0 amide bonds. The fraction of sp³-hybridized carbons (Fsp3) is 0.120. The average molecular weight is 411 g/mol. The summed E-state index contributed by atoms with van der Waals surface area (Å²) in [4.78, 5) is 0. The number of hydrogen-bond donors (Lipinski definition) is 0. The number of halogens is 1. The van der Waals surface area contributed by atoms with Crippen LogP contribution in [0.1, 0.15) is 17.5 Å². The quantitative estimate of drug-likeness (QED) is 0.297. The highest BCUT2D eigenvalue weighted by Gasteiger charge is 2.35. The Hall–Kier alpha value is -2.76. The number of allylic oxidation sites excluding steroid dienone is 5. The highest BCUT2D eigenvalue weighted by Crippen LogP contribution is 2.52. The summed E-state index contributed by atoms with van der Waals surface area (Å²) in [7, 11) is 0. The van der Waals surface area contributed by atoms with Gasteiger partial charge in [0.1, 0.15) is 11.5 Å². The molecule has 0 fully saturated rings. The van der Waals surface area contributed by atoms with Gasteiger partial charge in [0.05, 0.1) is 4.48 Å². The van der Waals surface area contributed by atoms with Gasteiger partial charge in [0, 0.05) is 34.4 Å². The van der Waals surface area contributed by atoms with Crippen molar-refractivity contribution in [1.82, 2.24) is 0 Å². The van der Waals surface area contributed by atoms with Crippen LogP contribution in [0.25, 0.3) is 27.1 Å². The van der Waals surface area contributed by atoms with E-state index in [-0.39, 0.29) is 0 Å². The predicted octanol–water partition coefficient (Wildman–Crippen LogP) is 6.65. The molecule has 1 heterocycles. The maximum atomic E-state index is 6.62. The predicted molar refractivity (Wildman–Crippen MR) is 115 cm³/mol. The largest absolute Gasteiger partial charge is 0.454 e. The van der Waals surface area contributed by atoms with E-state index in [0.717, 1.165) is 38.9 Å². The van der Waals surface area contributed by atoms with Crippen molar-refractivity contribution in [2.45, 2.75) is 13.3 Å². The summed E-state index contributed by atoms with van der Waals surface area (Å²) in [6, 6.07) is 15.2. The van der Waals surface area contributed by atoms with E-state index in [1.54, 1.807) is 0 Å². The smallest absolute Gasteiger partial charge is 0.146 e. The van der Waals surface area contributed by atoms with Crippen LogP contribution in [0.3, 0.4) is 0 Å². The van der Waals surface area contributed by atoms with Gasteiger partial charge in [0.2, 0.25) is 0 Å². The van der Waals surface area contributed by atoms with E-state index in [1.807, 2.05) is 0 Å². The molecule has 27 heavy (non-hydrogen) atoms. The van der Waals surface area contributed by atoms with Crippen LogP contribution in [0.15, 0.2) is 70.4 Å². The van der Waals surface area contributed by atoms with Crippen LogP contribution in [0.2, 0.25) is 0 Å². The highest BCUT2D eigenvalue weighted by molar-refractivity contribution is 9.11. The molecule has 3 aromatic carbocycles. The van der Waals surface area contributed by atoms with Crippen molar-refractivity contribution in [2.75, 3.05) is 0 Å². The summed E-state index contributed by atoms with van der Waals surface area (Å²) >= 11 is 3.70. The molecule has 1 aliphatic heterocycles. The van der Waals surface area contributed by atoms with Gasteiger partial charge in [-0.15, -0.1) is 0 Å². The maximum absolute atomic E-state index is 6.62. The van der Waals surface area contributed by atoms with Crippen LogP contribution in [-0.2, 0) is 0 Å². The second-order valence-corrected chi connectivity index (χ2v) is 8.19. The lowest BCUT2D eigenvalue weighted by Crippen LogP contribution is -2.20. The van der Waals surface area contributed by atoms with Gasteiger partial charge < -0.3 is 4.74 Å². The van der Waals surface area contributed by atoms with Crippen molar-refractivity contribution < 1.29 is 4.74 Å². The van der Waals surface area contributed by atoms with Crippen molar-refractivity contribution >= 4 is 43.0 Å². The zero-order valence-electron chi connectivity index (χ0n) is 14.8. The molecular weight excluding hydrogens is 396 g/mol. The lowest BCUT2D eigenvalue weighted by molar-refractivity contribution is 0.420. The molecule has 0 radical (unpaired) electrons.